The number of hydrogen-bond acceptors (Lipinski definition) is 4. The Labute approximate surface area is 314 Å². The largest absolute Gasteiger partial charge is 0.352 e. The fourth-order valence-corrected chi connectivity index (χ4v) is 6.85. The van der Waals surface area contributed by atoms with Crippen LogP contribution in [0.15, 0.2) is 71.5 Å². The number of halogens is 2. The number of carbonyl (C=O) groups is 1. The molecule has 0 saturated heterocycles. The molecule has 0 aliphatic heterocycles. The van der Waals surface area contributed by atoms with E-state index in [0.717, 1.165) is 24.0 Å². The zero-order chi connectivity index (χ0) is 36.3. The first-order valence-corrected chi connectivity index (χ1v) is 19.7. The van der Waals surface area contributed by atoms with Crippen molar-refractivity contribution in [2.75, 3.05) is 13.2 Å². The van der Waals surface area contributed by atoms with Crippen LogP contribution in [0.25, 0.3) is 16.9 Å². The summed E-state index contributed by atoms with van der Waals surface area (Å²) in [6.07, 6.45) is 18.4. The molecule has 276 valence electrons. The second-order valence-electron chi connectivity index (χ2n) is 13.3. The van der Waals surface area contributed by atoms with Gasteiger partial charge in [0.05, 0.1) is 28.6 Å². The lowest BCUT2D eigenvalue weighted by molar-refractivity contribution is -0.300. The molecule has 1 aromatic heterocycles. The molecule has 4 aromatic rings. The van der Waals surface area contributed by atoms with E-state index in [1.54, 1.807) is 12.1 Å². The van der Waals surface area contributed by atoms with Gasteiger partial charge in [0, 0.05) is 29.1 Å². The van der Waals surface area contributed by atoms with E-state index >= 15 is 0 Å². The number of rotatable bonds is 24. The number of benzene rings is 3. The van der Waals surface area contributed by atoms with Crippen LogP contribution in [0.1, 0.15) is 131 Å². The summed E-state index contributed by atoms with van der Waals surface area (Å²) >= 11 is 13.4. The SMILES string of the molecule is CCCCCCCCCCCCCCCCNC(=O)c1ccc(-c2[nH]n(-c3ccccc3)c(=O)c2Cc2ccc(COOCC)cc2Cl)cc1Cl. The van der Waals surface area contributed by atoms with Crippen LogP contribution in [0, 0.1) is 0 Å². The summed E-state index contributed by atoms with van der Waals surface area (Å²) in [5.41, 5.74) is 4.41. The Morgan fingerprint density at radius 1 is 0.745 bits per heavy atom. The number of aromatic amines is 1. The molecule has 0 atom stereocenters. The van der Waals surface area contributed by atoms with E-state index in [4.69, 9.17) is 33.0 Å². The second kappa shape index (κ2) is 22.5. The highest BCUT2D eigenvalue weighted by Crippen LogP contribution is 2.30. The Hall–Kier alpha value is -3.36. The van der Waals surface area contributed by atoms with Gasteiger partial charge < -0.3 is 5.32 Å². The normalized spacial score (nSPS) is 11.3. The molecule has 1 amide bonds. The van der Waals surface area contributed by atoms with Crippen molar-refractivity contribution >= 4 is 29.1 Å². The molecule has 9 heteroatoms. The van der Waals surface area contributed by atoms with E-state index in [9.17, 15) is 9.59 Å². The smallest absolute Gasteiger partial charge is 0.275 e. The summed E-state index contributed by atoms with van der Waals surface area (Å²) in [6.45, 7) is 5.45. The third kappa shape index (κ3) is 13.0. The first-order chi connectivity index (χ1) is 24.9. The molecular formula is C42H55Cl2N3O4. The van der Waals surface area contributed by atoms with Gasteiger partial charge in [0.25, 0.3) is 11.5 Å². The Balaban J connectivity index is 1.32. The minimum Gasteiger partial charge on any atom is -0.352 e. The van der Waals surface area contributed by atoms with Crippen LogP contribution < -0.4 is 10.9 Å². The highest BCUT2D eigenvalue weighted by atomic mass is 35.5. The van der Waals surface area contributed by atoms with Crippen molar-refractivity contribution in [3.63, 3.8) is 0 Å². The fourth-order valence-electron chi connectivity index (χ4n) is 6.31. The van der Waals surface area contributed by atoms with Crippen molar-refractivity contribution in [1.82, 2.24) is 15.1 Å². The second-order valence-corrected chi connectivity index (χ2v) is 14.1. The van der Waals surface area contributed by atoms with Crippen LogP contribution >= 0.6 is 23.2 Å². The van der Waals surface area contributed by atoms with Gasteiger partial charge >= 0.3 is 0 Å². The van der Waals surface area contributed by atoms with Crippen molar-refractivity contribution in [1.29, 1.82) is 0 Å². The molecule has 3 aromatic carbocycles. The lowest BCUT2D eigenvalue weighted by Gasteiger charge is -2.10. The number of nitrogens with zero attached hydrogens (tertiary/aromatic N) is 1. The number of nitrogens with one attached hydrogen (secondary N) is 2. The zero-order valence-electron chi connectivity index (χ0n) is 30.4. The average Bonchev–Trinajstić information content (AvgIpc) is 3.46. The maximum Gasteiger partial charge on any atom is 0.275 e. The van der Waals surface area contributed by atoms with Crippen molar-refractivity contribution in [2.45, 2.75) is 117 Å². The molecule has 0 spiro atoms. The van der Waals surface area contributed by atoms with Crippen LogP contribution in [0.5, 0.6) is 0 Å². The lowest BCUT2D eigenvalue weighted by atomic mass is 9.99. The number of H-pyrrole nitrogens is 1. The molecule has 0 fully saturated rings. The molecule has 0 bridgehead atoms. The van der Waals surface area contributed by atoms with Crippen LogP contribution in [0.2, 0.25) is 10.0 Å². The molecule has 0 radical (unpaired) electrons. The van der Waals surface area contributed by atoms with E-state index < -0.39 is 0 Å². The standard InChI is InChI=1S/C42H55Cl2N3O4/c1-3-5-6-7-8-9-10-11-12-13-14-15-16-20-27-45-41(48)36-26-25-34(30-39(36)44)40-37(42(49)47(46-40)35-21-18-17-19-22-35)29-33-24-23-32(28-38(33)43)31-51-50-4-2/h17-19,21-26,28,30,46H,3-16,20,27,29,31H2,1-2H3,(H,45,48). The topological polar surface area (TPSA) is 85.4 Å². The summed E-state index contributed by atoms with van der Waals surface area (Å²) in [5.74, 6) is -0.197. The predicted octanol–water partition coefficient (Wildman–Crippen LogP) is 11.4. The van der Waals surface area contributed by atoms with Gasteiger partial charge in [0.15, 0.2) is 0 Å². The van der Waals surface area contributed by atoms with Gasteiger partial charge in [0.2, 0.25) is 0 Å². The maximum absolute atomic E-state index is 13.9. The third-order valence-electron chi connectivity index (χ3n) is 9.23. The molecule has 0 saturated carbocycles. The van der Waals surface area contributed by atoms with Crippen LogP contribution in [-0.2, 0) is 22.8 Å². The maximum atomic E-state index is 13.9. The van der Waals surface area contributed by atoms with Crippen LogP contribution in [0.4, 0.5) is 0 Å². The van der Waals surface area contributed by atoms with Crippen LogP contribution in [-0.4, -0.2) is 28.8 Å². The van der Waals surface area contributed by atoms with Gasteiger partial charge in [-0.25, -0.2) is 14.5 Å². The Kier molecular flexibility index (Phi) is 17.9. The lowest BCUT2D eigenvalue weighted by Crippen LogP contribution is -2.24. The summed E-state index contributed by atoms with van der Waals surface area (Å²) in [4.78, 5) is 37.1. The quantitative estimate of drug-likeness (QED) is 0.0426. The summed E-state index contributed by atoms with van der Waals surface area (Å²) < 4.78 is 1.52. The van der Waals surface area contributed by atoms with Gasteiger partial charge in [-0.1, -0.05) is 150 Å². The highest BCUT2D eigenvalue weighted by Gasteiger charge is 2.20. The summed E-state index contributed by atoms with van der Waals surface area (Å²) in [5, 5.41) is 7.17. The Morgan fingerprint density at radius 2 is 1.39 bits per heavy atom. The minimum absolute atomic E-state index is 0.192. The molecule has 4 rings (SSSR count). The van der Waals surface area contributed by atoms with Crippen molar-refractivity contribution < 1.29 is 14.6 Å². The highest BCUT2D eigenvalue weighted by molar-refractivity contribution is 6.34. The van der Waals surface area contributed by atoms with E-state index in [2.05, 4.69) is 17.3 Å². The van der Waals surface area contributed by atoms with Gasteiger partial charge in [0.1, 0.15) is 6.61 Å². The van der Waals surface area contributed by atoms with Gasteiger partial charge in [-0.15, -0.1) is 0 Å². The van der Waals surface area contributed by atoms with E-state index in [1.807, 2.05) is 61.5 Å². The molecule has 0 aliphatic carbocycles. The number of unbranched alkanes of at least 4 members (excludes halogenated alkanes) is 13. The third-order valence-corrected chi connectivity index (χ3v) is 9.90. The number of amides is 1. The molecule has 0 aliphatic rings. The number of aromatic nitrogens is 2. The van der Waals surface area contributed by atoms with Crippen molar-refractivity contribution in [3.05, 3.63) is 109 Å². The predicted molar refractivity (Wildman–Crippen MR) is 210 cm³/mol. The average molecular weight is 737 g/mol. The van der Waals surface area contributed by atoms with E-state index in [0.29, 0.717) is 51.3 Å². The molecule has 0 unspecified atom stereocenters. The first kappa shape index (κ1) is 40.4. The Morgan fingerprint density at radius 3 is 2.00 bits per heavy atom. The fraction of sp³-hybridized carbons (Fsp3) is 0.476. The minimum atomic E-state index is -0.197. The first-order valence-electron chi connectivity index (χ1n) is 18.9. The van der Waals surface area contributed by atoms with Crippen molar-refractivity contribution in [3.8, 4) is 16.9 Å². The van der Waals surface area contributed by atoms with Crippen LogP contribution in [0.3, 0.4) is 0 Å². The number of carbonyl (C=O) groups excluding carboxylic acids is 1. The number of hydrogen-bond donors (Lipinski definition) is 2. The molecular weight excluding hydrogens is 681 g/mol. The summed E-state index contributed by atoms with van der Waals surface area (Å²) in [7, 11) is 0. The number of para-hydroxylation sites is 1. The molecule has 51 heavy (non-hydrogen) atoms. The summed E-state index contributed by atoms with van der Waals surface area (Å²) in [6, 6.07) is 20.3. The molecule has 1 heterocycles. The van der Waals surface area contributed by atoms with Gasteiger partial charge in [-0.3, -0.25) is 14.7 Å². The van der Waals surface area contributed by atoms with E-state index in [1.165, 1.54) is 81.7 Å². The molecule has 2 N–H and O–H groups in total. The molecule has 7 nitrogen and oxygen atoms in total. The van der Waals surface area contributed by atoms with E-state index in [-0.39, 0.29) is 24.5 Å². The van der Waals surface area contributed by atoms with Crippen molar-refractivity contribution in [2.24, 2.45) is 0 Å². The Bertz CT molecular complexity index is 1690. The zero-order valence-corrected chi connectivity index (χ0v) is 31.9. The van der Waals surface area contributed by atoms with Gasteiger partial charge in [-0.05, 0) is 54.8 Å². The monoisotopic (exact) mass is 735 g/mol. The van der Waals surface area contributed by atoms with Gasteiger partial charge in [-0.2, -0.15) is 0 Å².